The molecule has 0 fully saturated rings. The topological polar surface area (TPSA) is 38.0 Å². The molecule has 0 spiro atoms. The Hall–Kier alpha value is -0.0800. The highest BCUT2D eigenvalue weighted by Crippen LogP contribution is 2.04. The van der Waals surface area contributed by atoms with Crippen LogP contribution in [0.25, 0.3) is 0 Å². The van der Waals surface area contributed by atoms with Gasteiger partial charge < -0.3 is 11.1 Å². The van der Waals surface area contributed by atoms with Crippen molar-refractivity contribution in [3.8, 4) is 0 Å². The molecule has 0 radical (unpaired) electrons. The van der Waals surface area contributed by atoms with Gasteiger partial charge in [0.05, 0.1) is 6.17 Å². The van der Waals surface area contributed by atoms with E-state index in [4.69, 9.17) is 5.73 Å². The highest BCUT2D eigenvalue weighted by Gasteiger charge is 2.01. The van der Waals surface area contributed by atoms with Gasteiger partial charge in [-0.05, 0) is 25.3 Å². The molecule has 0 amide bonds. The SMILES string of the molecule is CCCC(N)NCCC(C)CC. The van der Waals surface area contributed by atoms with Crippen LogP contribution in [0.2, 0.25) is 0 Å². The fourth-order valence-corrected chi connectivity index (χ4v) is 1.13. The van der Waals surface area contributed by atoms with Gasteiger partial charge in [-0.2, -0.15) is 0 Å². The van der Waals surface area contributed by atoms with E-state index in [0.717, 1.165) is 25.3 Å². The number of hydrogen-bond acceptors (Lipinski definition) is 2. The van der Waals surface area contributed by atoms with Crippen molar-refractivity contribution in [2.24, 2.45) is 11.7 Å². The number of rotatable bonds is 7. The molecule has 2 atom stereocenters. The molecule has 0 saturated carbocycles. The summed E-state index contributed by atoms with van der Waals surface area (Å²) in [5.41, 5.74) is 5.80. The van der Waals surface area contributed by atoms with Gasteiger partial charge in [-0.15, -0.1) is 0 Å². The van der Waals surface area contributed by atoms with Crippen LogP contribution in [0, 0.1) is 5.92 Å². The van der Waals surface area contributed by atoms with E-state index in [0.29, 0.717) is 0 Å². The van der Waals surface area contributed by atoms with Crippen molar-refractivity contribution in [3.63, 3.8) is 0 Å². The predicted molar refractivity (Wildman–Crippen MR) is 55.0 cm³/mol. The first-order valence-electron chi connectivity index (χ1n) is 5.19. The summed E-state index contributed by atoms with van der Waals surface area (Å²) in [5, 5.41) is 3.33. The van der Waals surface area contributed by atoms with Gasteiger partial charge >= 0.3 is 0 Å². The molecule has 74 valence electrons. The van der Waals surface area contributed by atoms with Crippen LogP contribution >= 0.6 is 0 Å². The Morgan fingerprint density at radius 2 is 1.92 bits per heavy atom. The second kappa shape index (κ2) is 7.56. The zero-order chi connectivity index (χ0) is 9.40. The lowest BCUT2D eigenvalue weighted by Gasteiger charge is -2.14. The Bertz CT molecular complexity index is 93.8. The van der Waals surface area contributed by atoms with Crippen molar-refractivity contribution in [2.75, 3.05) is 6.54 Å². The second-order valence-corrected chi connectivity index (χ2v) is 3.65. The van der Waals surface area contributed by atoms with Crippen molar-refractivity contribution >= 4 is 0 Å². The molecule has 0 heterocycles. The summed E-state index contributed by atoms with van der Waals surface area (Å²) in [7, 11) is 0. The lowest BCUT2D eigenvalue weighted by atomic mass is 10.1. The molecule has 2 nitrogen and oxygen atoms in total. The summed E-state index contributed by atoms with van der Waals surface area (Å²) in [6.45, 7) is 7.75. The normalized spacial score (nSPS) is 16.0. The minimum Gasteiger partial charge on any atom is -0.316 e. The lowest BCUT2D eigenvalue weighted by molar-refractivity contribution is 0.434. The maximum Gasteiger partial charge on any atom is 0.0546 e. The first-order chi connectivity index (χ1) is 5.70. The van der Waals surface area contributed by atoms with Gasteiger partial charge in [0.15, 0.2) is 0 Å². The molecular weight excluding hydrogens is 148 g/mol. The monoisotopic (exact) mass is 172 g/mol. The Balaban J connectivity index is 3.18. The van der Waals surface area contributed by atoms with Crippen LogP contribution in [0.4, 0.5) is 0 Å². The molecule has 0 aromatic heterocycles. The van der Waals surface area contributed by atoms with Gasteiger partial charge in [0, 0.05) is 0 Å². The van der Waals surface area contributed by atoms with E-state index in [1.807, 2.05) is 0 Å². The fourth-order valence-electron chi connectivity index (χ4n) is 1.13. The molecule has 3 N–H and O–H groups in total. The third kappa shape index (κ3) is 6.62. The van der Waals surface area contributed by atoms with Crippen LogP contribution in [0.15, 0.2) is 0 Å². The van der Waals surface area contributed by atoms with Crippen LogP contribution in [0.3, 0.4) is 0 Å². The summed E-state index contributed by atoms with van der Waals surface area (Å²) >= 11 is 0. The molecule has 12 heavy (non-hydrogen) atoms. The Kier molecular flexibility index (Phi) is 7.51. The minimum atomic E-state index is 0.207. The van der Waals surface area contributed by atoms with Gasteiger partial charge in [0.2, 0.25) is 0 Å². The highest BCUT2D eigenvalue weighted by molar-refractivity contribution is 4.59. The molecule has 2 heteroatoms. The summed E-state index contributed by atoms with van der Waals surface area (Å²) < 4.78 is 0. The van der Waals surface area contributed by atoms with Crippen LogP contribution in [0.1, 0.15) is 46.5 Å². The van der Waals surface area contributed by atoms with Gasteiger partial charge in [0.25, 0.3) is 0 Å². The zero-order valence-corrected chi connectivity index (χ0v) is 8.77. The molecule has 0 rings (SSSR count). The third-order valence-electron chi connectivity index (χ3n) is 2.34. The van der Waals surface area contributed by atoms with E-state index in [9.17, 15) is 0 Å². The van der Waals surface area contributed by atoms with Crippen molar-refractivity contribution in [2.45, 2.75) is 52.6 Å². The van der Waals surface area contributed by atoms with Gasteiger partial charge in [-0.25, -0.2) is 0 Å². The van der Waals surface area contributed by atoms with Crippen LogP contribution in [0.5, 0.6) is 0 Å². The summed E-state index contributed by atoms with van der Waals surface area (Å²) in [5.74, 6) is 0.825. The quantitative estimate of drug-likeness (QED) is 0.577. The zero-order valence-electron chi connectivity index (χ0n) is 8.77. The molecular formula is C10H24N2. The van der Waals surface area contributed by atoms with Crippen molar-refractivity contribution in [1.82, 2.24) is 5.32 Å². The van der Waals surface area contributed by atoms with Crippen molar-refractivity contribution in [1.29, 1.82) is 0 Å². The first kappa shape index (κ1) is 11.9. The van der Waals surface area contributed by atoms with E-state index in [1.165, 1.54) is 12.8 Å². The van der Waals surface area contributed by atoms with Gasteiger partial charge in [-0.3, -0.25) is 0 Å². The third-order valence-corrected chi connectivity index (χ3v) is 2.34. The van der Waals surface area contributed by atoms with E-state index in [2.05, 4.69) is 26.1 Å². The average Bonchev–Trinajstić information content (AvgIpc) is 2.04. The van der Waals surface area contributed by atoms with E-state index < -0.39 is 0 Å². The molecule has 0 aliphatic carbocycles. The summed E-state index contributed by atoms with van der Waals surface area (Å²) in [6.07, 6.45) is 4.97. The molecule has 0 bridgehead atoms. The van der Waals surface area contributed by atoms with E-state index in [-0.39, 0.29) is 6.17 Å². The number of nitrogens with one attached hydrogen (secondary N) is 1. The van der Waals surface area contributed by atoms with Crippen LogP contribution in [-0.4, -0.2) is 12.7 Å². The van der Waals surface area contributed by atoms with Crippen LogP contribution < -0.4 is 11.1 Å². The maximum atomic E-state index is 5.80. The van der Waals surface area contributed by atoms with Crippen molar-refractivity contribution in [3.05, 3.63) is 0 Å². The van der Waals surface area contributed by atoms with E-state index in [1.54, 1.807) is 0 Å². The Morgan fingerprint density at radius 1 is 1.25 bits per heavy atom. The molecule has 0 aromatic rings. The number of nitrogens with two attached hydrogens (primary N) is 1. The van der Waals surface area contributed by atoms with Gasteiger partial charge in [-0.1, -0.05) is 33.6 Å². The molecule has 0 aliphatic heterocycles. The fraction of sp³-hybridized carbons (Fsp3) is 1.00. The number of hydrogen-bond donors (Lipinski definition) is 2. The van der Waals surface area contributed by atoms with E-state index >= 15 is 0 Å². The predicted octanol–water partition coefficient (Wildman–Crippen LogP) is 2.10. The summed E-state index contributed by atoms with van der Waals surface area (Å²) in [6, 6.07) is 0. The first-order valence-corrected chi connectivity index (χ1v) is 5.19. The molecule has 2 unspecified atom stereocenters. The minimum absolute atomic E-state index is 0.207. The van der Waals surface area contributed by atoms with Crippen molar-refractivity contribution < 1.29 is 0 Å². The second-order valence-electron chi connectivity index (χ2n) is 3.65. The van der Waals surface area contributed by atoms with Gasteiger partial charge in [0.1, 0.15) is 0 Å². The molecule has 0 saturated heterocycles. The summed E-state index contributed by atoms with van der Waals surface area (Å²) in [4.78, 5) is 0. The Labute approximate surface area is 76.9 Å². The Morgan fingerprint density at radius 3 is 2.42 bits per heavy atom. The average molecular weight is 172 g/mol. The molecule has 0 aliphatic rings. The lowest BCUT2D eigenvalue weighted by Crippen LogP contribution is -2.38. The highest BCUT2D eigenvalue weighted by atomic mass is 15.0. The van der Waals surface area contributed by atoms with Crippen LogP contribution in [-0.2, 0) is 0 Å². The molecule has 0 aromatic carbocycles. The smallest absolute Gasteiger partial charge is 0.0546 e. The maximum absolute atomic E-state index is 5.80. The largest absolute Gasteiger partial charge is 0.316 e. The standard InChI is InChI=1S/C10H24N2/c1-4-6-10(11)12-8-7-9(3)5-2/h9-10,12H,4-8,11H2,1-3H3.